The quantitative estimate of drug-likeness (QED) is 0.0247. The monoisotopic (exact) mass is 1950 g/mol. The molecular weight excluding hydrogens is 1780 g/mol. The summed E-state index contributed by atoms with van der Waals surface area (Å²) in [5.74, 6) is 3.99. The first-order chi connectivity index (χ1) is 66.3. The minimum Gasteiger partial charge on any atom is -0.465 e. The van der Waals surface area contributed by atoms with Crippen molar-refractivity contribution < 1.29 is 133 Å². The fraction of sp³-hybridized carbons (Fsp3) is 0.849. The molecule has 0 aromatic heterocycles. The van der Waals surface area contributed by atoms with Gasteiger partial charge in [0.05, 0.1) is 106 Å². The number of ether oxygens (including phenoxy) is 16. The van der Waals surface area contributed by atoms with E-state index in [2.05, 4.69) is 23.8 Å². The van der Waals surface area contributed by atoms with Crippen LogP contribution in [0, 0.1) is 71.0 Å². The minimum atomic E-state index is -0.717. The number of nitrogens with zero attached hydrogens (tertiary/aromatic N) is 2. The Morgan fingerprint density at radius 1 is 0.254 bits per heavy atom. The molecule has 0 bridgehead atoms. The van der Waals surface area contributed by atoms with Gasteiger partial charge in [0.15, 0.2) is 0 Å². The maximum atomic E-state index is 13.5. The van der Waals surface area contributed by atoms with E-state index in [1.54, 1.807) is 18.7 Å². The lowest BCUT2D eigenvalue weighted by molar-refractivity contribution is -0.147. The summed E-state index contributed by atoms with van der Waals surface area (Å²) in [5, 5.41) is 6.29. The van der Waals surface area contributed by atoms with Crippen molar-refractivity contribution >= 4 is 72.9 Å². The molecule has 0 saturated heterocycles. The molecule has 788 valence electrons. The molecule has 0 heterocycles. The molecule has 7 rings (SSSR count). The second kappa shape index (κ2) is 66.3. The fourth-order valence-electron chi connectivity index (χ4n) is 20.3. The van der Waals surface area contributed by atoms with Crippen LogP contribution < -0.4 is 10.6 Å². The predicted octanol–water partition coefficient (Wildman–Crippen LogP) is 22.8. The SMILES string of the molecule is C=C(C)C(=O)OCCN(C(=O)CC1CCC(CC2CCC(CC(=O)OCC3CCC(COC(=O)OCC4CCC(COC(=O)OCC5CCC(COC(=O)OCCCCCCOC(=O)OCCCCCCOC(=O)OCCCCCCOC(=O)OCCCCCCOC(=O)NC6CCC(CC7CCC(NC(=O)N(CCOC(=O)C(=C)C)C(C)(C)C)CC7)CC6)CC5)CC4)CC3)CC2)CC1)C(C)(C)C. The van der Waals surface area contributed by atoms with Gasteiger partial charge in [0.25, 0.3) is 0 Å². The van der Waals surface area contributed by atoms with Gasteiger partial charge in [-0.15, -0.1) is 0 Å². The van der Waals surface area contributed by atoms with E-state index in [9.17, 15) is 57.5 Å². The average Bonchev–Trinajstić information content (AvgIpc) is 0.842. The van der Waals surface area contributed by atoms with E-state index < -0.39 is 54.4 Å². The molecule has 0 spiro atoms. The zero-order valence-corrected chi connectivity index (χ0v) is 85.5. The maximum absolute atomic E-state index is 13.5. The molecule has 138 heavy (non-hydrogen) atoms. The molecule has 0 radical (unpaired) electrons. The molecule has 32 nitrogen and oxygen atoms in total. The zero-order chi connectivity index (χ0) is 99.7. The summed E-state index contributed by atoms with van der Waals surface area (Å²) in [6.45, 7) is 27.3. The van der Waals surface area contributed by atoms with Gasteiger partial charge >= 0.3 is 67.0 Å². The second-order valence-electron chi connectivity index (χ2n) is 42.7. The first-order valence-corrected chi connectivity index (χ1v) is 53.2. The van der Waals surface area contributed by atoms with Gasteiger partial charge in [0.2, 0.25) is 5.91 Å². The van der Waals surface area contributed by atoms with Crippen molar-refractivity contribution in [2.45, 2.75) is 387 Å². The third-order valence-corrected chi connectivity index (χ3v) is 29.0. The molecule has 0 aromatic carbocycles. The van der Waals surface area contributed by atoms with Crippen molar-refractivity contribution in [1.82, 2.24) is 20.4 Å². The van der Waals surface area contributed by atoms with E-state index >= 15 is 0 Å². The van der Waals surface area contributed by atoms with Crippen molar-refractivity contribution in [3.63, 3.8) is 0 Å². The number of hydrogen-bond donors (Lipinski definition) is 2. The number of unbranched alkanes of at least 4 members (excludes halogenated alkanes) is 12. The first-order valence-electron chi connectivity index (χ1n) is 53.2. The Kier molecular flexibility index (Phi) is 56.0. The Morgan fingerprint density at radius 2 is 0.486 bits per heavy atom. The number of alkyl carbamates (subject to hydrolysis) is 1. The van der Waals surface area contributed by atoms with Crippen LogP contribution in [0.4, 0.5) is 38.4 Å². The van der Waals surface area contributed by atoms with Crippen molar-refractivity contribution in [2.24, 2.45) is 71.0 Å². The normalized spacial score (nSPS) is 23.3. The highest BCUT2D eigenvalue weighted by molar-refractivity contribution is 5.87. The number of esters is 3. The fourth-order valence-corrected chi connectivity index (χ4v) is 20.3. The first kappa shape index (κ1) is 116. The van der Waals surface area contributed by atoms with Crippen LogP contribution >= 0.6 is 0 Å². The lowest BCUT2D eigenvalue weighted by atomic mass is 9.72. The Labute approximate surface area is 823 Å². The summed E-state index contributed by atoms with van der Waals surface area (Å²) in [7, 11) is 0. The lowest BCUT2D eigenvalue weighted by Crippen LogP contribution is -2.54. The molecule has 7 aliphatic carbocycles. The smallest absolute Gasteiger partial charge is 0.465 e. The Bertz CT molecular complexity index is 3570. The number of rotatable bonds is 58. The average molecular weight is 1950 g/mol. The van der Waals surface area contributed by atoms with E-state index in [-0.39, 0.29) is 150 Å². The number of carbonyl (C=O) groups is 12. The molecule has 7 aliphatic rings. The summed E-state index contributed by atoms with van der Waals surface area (Å²) in [6, 6.07) is 0.111. The highest BCUT2D eigenvalue weighted by Gasteiger charge is 2.37. The highest BCUT2D eigenvalue weighted by atomic mass is 16.8. The third kappa shape index (κ3) is 51.3. The Hall–Kier alpha value is -8.48. The standard InChI is InChI=1S/C106H176N4O28/c1-77(2)95(113)123-65-55-109(105(5,6)7)93(111)69-83-31-27-79(28-32-83)67-80-29-33-84(34-30-80)70-94(112)133-71-85-35-37-87(38-36-85)73-135-103(121)137-75-89-43-45-90(46-44-89)76-138-104(122)136-74-88-41-39-86(40-42-88)72-134-102(120)132-64-26-18-17-25-63-131-101(119)130-62-24-16-15-23-61-129-100(118)128-60-22-14-13-21-59-127-99(117)126-58-20-12-11-19-57-125-98(116)108-92-53-49-82(50-54-92)68-81-47-51-91(52-48-81)107-97(115)110(106(8,9)10)56-66-124-96(114)78(3)4/h79-92H,1,3,11-76H2,2,4-10H3,(H,107,115)(H,108,116). The largest absolute Gasteiger partial charge is 0.508 e. The van der Waals surface area contributed by atoms with Crippen LogP contribution in [-0.4, -0.2) is 225 Å². The number of hydrogen-bond acceptors (Lipinski definition) is 28. The number of carbonyl (C=O) groups excluding carboxylic acids is 12. The summed E-state index contributed by atoms with van der Waals surface area (Å²) < 4.78 is 85.8. The number of urea groups is 1. The lowest BCUT2D eigenvalue weighted by Gasteiger charge is -2.38. The van der Waals surface area contributed by atoms with E-state index in [0.29, 0.717) is 150 Å². The second-order valence-corrected chi connectivity index (χ2v) is 42.7. The molecule has 0 unspecified atom stereocenters. The molecule has 0 atom stereocenters. The Balaban J connectivity index is 0.540. The Morgan fingerprint density at radius 3 is 0.775 bits per heavy atom. The van der Waals surface area contributed by atoms with Gasteiger partial charge in [-0.05, 0) is 396 Å². The van der Waals surface area contributed by atoms with Crippen LogP contribution in [0.2, 0.25) is 0 Å². The maximum Gasteiger partial charge on any atom is 0.508 e. The molecule has 32 heteroatoms. The van der Waals surface area contributed by atoms with Gasteiger partial charge in [-0.25, -0.2) is 47.9 Å². The summed E-state index contributed by atoms with van der Waals surface area (Å²) in [4.78, 5) is 153. The summed E-state index contributed by atoms with van der Waals surface area (Å²) >= 11 is 0. The molecule has 2 N–H and O–H groups in total. The van der Waals surface area contributed by atoms with Gasteiger partial charge in [-0.2, -0.15) is 0 Å². The van der Waals surface area contributed by atoms with Crippen molar-refractivity contribution in [3.8, 4) is 0 Å². The van der Waals surface area contributed by atoms with Gasteiger partial charge in [0.1, 0.15) is 13.2 Å². The van der Waals surface area contributed by atoms with Crippen molar-refractivity contribution in [2.75, 3.05) is 119 Å². The number of nitrogens with one attached hydrogen (secondary N) is 2. The van der Waals surface area contributed by atoms with Crippen LogP contribution in [0.5, 0.6) is 0 Å². The van der Waals surface area contributed by atoms with Crippen LogP contribution in [0.1, 0.15) is 364 Å². The molecule has 0 aromatic rings. The van der Waals surface area contributed by atoms with Crippen molar-refractivity contribution in [1.29, 1.82) is 0 Å². The highest BCUT2D eigenvalue weighted by Crippen LogP contribution is 2.42. The number of amides is 4. The van der Waals surface area contributed by atoms with E-state index in [1.165, 1.54) is 12.8 Å². The minimum absolute atomic E-state index is 0.0867. The molecule has 7 fully saturated rings. The molecular formula is C106H176N4O28. The van der Waals surface area contributed by atoms with Crippen LogP contribution in [0.25, 0.3) is 0 Å². The van der Waals surface area contributed by atoms with Gasteiger partial charge in [-0.3, -0.25) is 9.59 Å². The summed E-state index contributed by atoms with van der Waals surface area (Å²) in [5.41, 5.74) is -0.110. The van der Waals surface area contributed by atoms with Crippen LogP contribution in [-0.2, 0) is 95.0 Å². The molecule has 4 amide bonds. The predicted molar refractivity (Wildman–Crippen MR) is 518 cm³/mol. The molecule has 0 aliphatic heterocycles. The van der Waals surface area contributed by atoms with Gasteiger partial charge in [-0.1, -0.05) is 38.8 Å². The van der Waals surface area contributed by atoms with E-state index in [0.717, 1.165) is 238 Å². The zero-order valence-electron chi connectivity index (χ0n) is 85.5. The third-order valence-electron chi connectivity index (χ3n) is 29.0. The van der Waals surface area contributed by atoms with Crippen LogP contribution in [0.3, 0.4) is 0 Å². The van der Waals surface area contributed by atoms with E-state index in [1.807, 2.05) is 46.4 Å². The van der Waals surface area contributed by atoms with Gasteiger partial charge in [0, 0.05) is 47.1 Å². The summed E-state index contributed by atoms with van der Waals surface area (Å²) in [6.07, 6.45) is 38.0. The van der Waals surface area contributed by atoms with Gasteiger partial charge < -0.3 is 96.2 Å². The van der Waals surface area contributed by atoms with Crippen molar-refractivity contribution in [3.05, 3.63) is 24.3 Å². The van der Waals surface area contributed by atoms with Crippen LogP contribution in [0.15, 0.2) is 24.3 Å². The topological polar surface area (TPSA) is 383 Å². The molecule has 7 saturated carbocycles. The van der Waals surface area contributed by atoms with E-state index in [4.69, 9.17) is 75.8 Å².